The molecular formula is C28H21BrN2O4. The molecule has 0 aliphatic heterocycles. The molecule has 174 valence electrons. The van der Waals surface area contributed by atoms with Crippen molar-refractivity contribution in [2.24, 2.45) is 5.10 Å². The van der Waals surface area contributed by atoms with Crippen LogP contribution in [0.1, 0.15) is 31.8 Å². The van der Waals surface area contributed by atoms with Gasteiger partial charge in [-0.2, -0.15) is 5.10 Å². The lowest BCUT2D eigenvalue weighted by Gasteiger charge is -2.07. The van der Waals surface area contributed by atoms with Crippen LogP contribution < -0.4 is 14.9 Å². The zero-order chi connectivity index (χ0) is 24.5. The molecule has 0 atom stereocenters. The molecular weight excluding hydrogens is 508 g/mol. The van der Waals surface area contributed by atoms with Crippen LogP contribution in [0.15, 0.2) is 113 Å². The van der Waals surface area contributed by atoms with E-state index in [1.807, 2.05) is 36.4 Å². The van der Waals surface area contributed by atoms with Crippen molar-refractivity contribution >= 4 is 34.0 Å². The molecule has 1 amide bonds. The number of carbonyl (C=O) groups is 2. The van der Waals surface area contributed by atoms with Gasteiger partial charge in [-0.05, 0) is 87.7 Å². The molecule has 7 heteroatoms. The Morgan fingerprint density at radius 3 is 2.17 bits per heavy atom. The summed E-state index contributed by atoms with van der Waals surface area (Å²) in [7, 11) is 0. The maximum atomic E-state index is 12.3. The molecule has 0 spiro atoms. The fourth-order valence-corrected chi connectivity index (χ4v) is 3.53. The first kappa shape index (κ1) is 23.9. The summed E-state index contributed by atoms with van der Waals surface area (Å²) < 4.78 is 11.8. The minimum atomic E-state index is -0.456. The summed E-state index contributed by atoms with van der Waals surface area (Å²) in [5.74, 6) is 0.285. The zero-order valence-electron chi connectivity index (χ0n) is 18.6. The molecule has 4 aromatic rings. The topological polar surface area (TPSA) is 77.0 Å². The highest BCUT2D eigenvalue weighted by Gasteiger charge is 2.11. The molecule has 4 rings (SSSR count). The first-order valence-electron chi connectivity index (χ1n) is 10.8. The van der Waals surface area contributed by atoms with E-state index >= 15 is 0 Å². The third-order valence-corrected chi connectivity index (χ3v) is 5.62. The first-order chi connectivity index (χ1) is 17.1. The van der Waals surface area contributed by atoms with Gasteiger partial charge < -0.3 is 9.47 Å². The second-order valence-electron chi connectivity index (χ2n) is 7.44. The maximum absolute atomic E-state index is 12.3. The molecule has 0 saturated carbocycles. The largest absolute Gasteiger partial charge is 0.489 e. The van der Waals surface area contributed by atoms with Crippen molar-refractivity contribution in [2.75, 3.05) is 0 Å². The Morgan fingerprint density at radius 2 is 1.46 bits per heavy atom. The van der Waals surface area contributed by atoms with Gasteiger partial charge in [0, 0.05) is 10.0 Å². The summed E-state index contributed by atoms with van der Waals surface area (Å²) in [5.41, 5.74) is 5.20. The lowest BCUT2D eigenvalue weighted by atomic mass is 10.2. The van der Waals surface area contributed by atoms with Gasteiger partial charge in [0.15, 0.2) is 0 Å². The van der Waals surface area contributed by atoms with Gasteiger partial charge in [0.25, 0.3) is 5.91 Å². The Kier molecular flexibility index (Phi) is 8.04. The summed E-state index contributed by atoms with van der Waals surface area (Å²) in [4.78, 5) is 24.6. The SMILES string of the molecule is O=C(N/N=C/c1ccc(OC(=O)c2ccccc2Br)cc1)c1ccc(OCc2ccccc2)cc1. The predicted molar refractivity (Wildman–Crippen MR) is 138 cm³/mol. The Hall–Kier alpha value is -4.23. The Bertz CT molecular complexity index is 1320. The Balaban J connectivity index is 1.26. The van der Waals surface area contributed by atoms with Crippen LogP contribution >= 0.6 is 15.9 Å². The van der Waals surface area contributed by atoms with Gasteiger partial charge in [-0.25, -0.2) is 10.2 Å². The molecule has 6 nitrogen and oxygen atoms in total. The van der Waals surface area contributed by atoms with Crippen LogP contribution in [0, 0.1) is 0 Å². The minimum absolute atomic E-state index is 0.338. The van der Waals surface area contributed by atoms with Gasteiger partial charge in [-0.3, -0.25) is 4.79 Å². The normalized spacial score (nSPS) is 10.7. The standard InChI is InChI=1S/C28H21BrN2O4/c29-26-9-5-4-8-25(26)28(33)35-24-14-10-20(11-15-24)18-30-31-27(32)22-12-16-23(17-13-22)34-19-21-6-2-1-3-7-21/h1-18H,19H2,(H,31,32)/b30-18+. The van der Waals surface area contributed by atoms with Crippen LogP contribution in [-0.2, 0) is 6.61 Å². The van der Waals surface area contributed by atoms with E-state index in [4.69, 9.17) is 9.47 Å². The molecule has 0 aliphatic rings. The van der Waals surface area contributed by atoms with Crippen molar-refractivity contribution in [1.29, 1.82) is 0 Å². The Morgan fingerprint density at radius 1 is 0.800 bits per heavy atom. The number of nitrogens with zero attached hydrogens (tertiary/aromatic N) is 1. The average Bonchev–Trinajstić information content (AvgIpc) is 2.89. The van der Waals surface area contributed by atoms with Crippen molar-refractivity contribution in [1.82, 2.24) is 5.43 Å². The van der Waals surface area contributed by atoms with E-state index in [1.165, 1.54) is 6.21 Å². The molecule has 0 bridgehead atoms. The number of hydrazone groups is 1. The van der Waals surface area contributed by atoms with Gasteiger partial charge in [0.1, 0.15) is 18.1 Å². The summed E-state index contributed by atoms with van der Waals surface area (Å²) in [6.07, 6.45) is 1.51. The van der Waals surface area contributed by atoms with E-state index in [1.54, 1.807) is 66.7 Å². The molecule has 0 fully saturated rings. The number of benzene rings is 4. The highest BCUT2D eigenvalue weighted by atomic mass is 79.9. The highest BCUT2D eigenvalue weighted by molar-refractivity contribution is 9.10. The maximum Gasteiger partial charge on any atom is 0.344 e. The van der Waals surface area contributed by atoms with Crippen LogP contribution in [-0.4, -0.2) is 18.1 Å². The van der Waals surface area contributed by atoms with Crippen molar-refractivity contribution in [3.05, 3.63) is 130 Å². The van der Waals surface area contributed by atoms with Gasteiger partial charge in [-0.1, -0.05) is 42.5 Å². The highest BCUT2D eigenvalue weighted by Crippen LogP contribution is 2.19. The summed E-state index contributed by atoms with van der Waals surface area (Å²) in [5, 5.41) is 4.00. The molecule has 0 saturated heterocycles. The van der Waals surface area contributed by atoms with E-state index in [9.17, 15) is 9.59 Å². The van der Waals surface area contributed by atoms with Crippen LogP contribution in [0.5, 0.6) is 11.5 Å². The number of esters is 1. The first-order valence-corrected chi connectivity index (χ1v) is 11.5. The smallest absolute Gasteiger partial charge is 0.344 e. The van der Waals surface area contributed by atoms with Crippen LogP contribution in [0.4, 0.5) is 0 Å². The summed E-state index contributed by atoms with van der Waals surface area (Å²) >= 11 is 3.34. The minimum Gasteiger partial charge on any atom is -0.489 e. The second-order valence-corrected chi connectivity index (χ2v) is 8.29. The van der Waals surface area contributed by atoms with E-state index < -0.39 is 5.97 Å². The predicted octanol–water partition coefficient (Wildman–Crippen LogP) is 6.01. The fourth-order valence-electron chi connectivity index (χ4n) is 3.08. The number of halogens is 1. The number of amides is 1. The van der Waals surface area contributed by atoms with E-state index in [0.717, 1.165) is 11.1 Å². The monoisotopic (exact) mass is 528 g/mol. The fraction of sp³-hybridized carbons (Fsp3) is 0.0357. The number of nitrogens with one attached hydrogen (secondary N) is 1. The van der Waals surface area contributed by atoms with Crippen molar-refractivity contribution in [2.45, 2.75) is 6.61 Å². The second kappa shape index (κ2) is 11.8. The third kappa shape index (κ3) is 6.88. The molecule has 35 heavy (non-hydrogen) atoms. The molecule has 4 aromatic carbocycles. The average molecular weight is 529 g/mol. The van der Waals surface area contributed by atoms with E-state index in [2.05, 4.69) is 26.5 Å². The van der Waals surface area contributed by atoms with Gasteiger partial charge in [-0.15, -0.1) is 0 Å². The van der Waals surface area contributed by atoms with E-state index in [-0.39, 0.29) is 5.91 Å². The third-order valence-electron chi connectivity index (χ3n) is 4.93. The number of carbonyl (C=O) groups excluding carboxylic acids is 2. The number of hydrogen-bond acceptors (Lipinski definition) is 5. The molecule has 0 radical (unpaired) electrons. The van der Waals surface area contributed by atoms with Crippen molar-refractivity contribution in [3.63, 3.8) is 0 Å². The van der Waals surface area contributed by atoms with Crippen molar-refractivity contribution in [3.8, 4) is 11.5 Å². The zero-order valence-corrected chi connectivity index (χ0v) is 20.1. The molecule has 0 aromatic heterocycles. The molecule has 1 N–H and O–H groups in total. The van der Waals surface area contributed by atoms with Crippen LogP contribution in [0.25, 0.3) is 0 Å². The quantitative estimate of drug-likeness (QED) is 0.131. The van der Waals surface area contributed by atoms with Crippen LogP contribution in [0.3, 0.4) is 0 Å². The number of ether oxygens (including phenoxy) is 2. The van der Waals surface area contributed by atoms with Gasteiger partial charge >= 0.3 is 5.97 Å². The lowest BCUT2D eigenvalue weighted by molar-refractivity contribution is 0.0733. The van der Waals surface area contributed by atoms with E-state index in [0.29, 0.717) is 33.7 Å². The molecule has 0 heterocycles. The molecule has 0 aliphatic carbocycles. The summed E-state index contributed by atoms with van der Waals surface area (Å²) in [6, 6.07) is 30.5. The van der Waals surface area contributed by atoms with Gasteiger partial charge in [0.2, 0.25) is 0 Å². The lowest BCUT2D eigenvalue weighted by Crippen LogP contribution is -2.17. The van der Waals surface area contributed by atoms with Crippen LogP contribution in [0.2, 0.25) is 0 Å². The van der Waals surface area contributed by atoms with Crippen molar-refractivity contribution < 1.29 is 19.1 Å². The summed E-state index contributed by atoms with van der Waals surface area (Å²) in [6.45, 7) is 0.457. The Labute approximate surface area is 211 Å². The number of rotatable bonds is 8. The van der Waals surface area contributed by atoms with Gasteiger partial charge in [0.05, 0.1) is 11.8 Å². The molecule has 0 unspecified atom stereocenters. The number of hydrogen-bond donors (Lipinski definition) is 1.